The van der Waals surface area contributed by atoms with Crippen LogP contribution >= 0.6 is 17.0 Å². The Hall–Kier alpha value is 1.08. The van der Waals surface area contributed by atoms with Crippen molar-refractivity contribution in [1.82, 2.24) is 0 Å². The quantitative estimate of drug-likeness (QED) is 0.667. The number of hydrogen-bond acceptors (Lipinski definition) is 1. The Morgan fingerprint density at radius 3 is 1.29 bits per heavy atom. The second-order valence-electron chi connectivity index (χ2n) is 1.000. The van der Waals surface area contributed by atoms with Crippen molar-refractivity contribution in [2.75, 3.05) is 0 Å². The second kappa shape index (κ2) is 27.6. The molecule has 0 spiro atoms. The molecule has 0 amide bonds. The summed E-state index contributed by atoms with van der Waals surface area (Å²) < 4.78 is 8.34. The molecule has 0 aliphatic heterocycles. The van der Waals surface area contributed by atoms with Crippen LogP contribution in [0.5, 0.6) is 0 Å². The molecule has 0 rings (SSSR count). The summed E-state index contributed by atoms with van der Waals surface area (Å²) >= 11 is 0.300. The molecule has 0 saturated heterocycles. The molecule has 0 bridgehead atoms. The Morgan fingerprint density at radius 2 is 1.29 bits per heavy atom. The molecule has 0 aliphatic rings. The molecule has 0 atom stereocenters. The van der Waals surface area contributed by atoms with Gasteiger partial charge in [-0.05, 0) is 0 Å². The Labute approximate surface area is 69.1 Å². The van der Waals surface area contributed by atoms with Crippen molar-refractivity contribution in [2.24, 2.45) is 0 Å². The number of rotatable bonds is 1. The predicted molar refractivity (Wildman–Crippen MR) is 37.3 cm³/mol. The summed E-state index contributed by atoms with van der Waals surface area (Å²) in [5.41, 5.74) is 0. The van der Waals surface area contributed by atoms with Crippen LogP contribution in [0.2, 0.25) is 0 Å². The zero-order chi connectivity index (χ0) is 5.41. The summed E-state index contributed by atoms with van der Waals surface area (Å²) in [6, 6.07) is 0. The predicted octanol–water partition coefficient (Wildman–Crippen LogP) is 1.88. The van der Waals surface area contributed by atoms with Gasteiger partial charge in [0.25, 0.3) is 0 Å². The van der Waals surface area contributed by atoms with E-state index in [1.807, 2.05) is 0 Å². The van der Waals surface area contributed by atoms with Crippen molar-refractivity contribution in [1.29, 1.82) is 0 Å². The average Bonchev–Trinajstić information content (AvgIpc) is 1.72. The molecule has 0 aromatic rings. The van der Waals surface area contributed by atoms with Crippen LogP contribution in [0.1, 0.15) is 26.7 Å². The summed E-state index contributed by atoms with van der Waals surface area (Å²) in [5, 5.41) is 0. The maximum absolute atomic E-state index is 8.34. The van der Waals surface area contributed by atoms with E-state index in [1.54, 1.807) is 0 Å². The first-order chi connectivity index (χ1) is 2.91. The molecule has 0 saturated carbocycles. The standard InChI is InChI=1S/C4H10.BrH.O.Sn/c1-3-4-2;;;/h3-4H2,1-2H3;1H;;. The molecule has 0 aromatic carbocycles. The van der Waals surface area contributed by atoms with Gasteiger partial charge in [0.2, 0.25) is 0 Å². The summed E-state index contributed by atoms with van der Waals surface area (Å²) in [6.45, 7) is 4.36. The van der Waals surface area contributed by atoms with E-state index in [4.69, 9.17) is 3.08 Å². The molecule has 44 valence electrons. The van der Waals surface area contributed by atoms with Crippen molar-refractivity contribution >= 4 is 39.5 Å². The van der Waals surface area contributed by atoms with Gasteiger partial charge in [0.15, 0.2) is 0 Å². The fraction of sp³-hybridized carbons (Fsp3) is 1.00. The van der Waals surface area contributed by atoms with Crippen LogP contribution < -0.4 is 0 Å². The van der Waals surface area contributed by atoms with Gasteiger partial charge < -0.3 is 0 Å². The number of halogens is 1. The Bertz CT molecular complexity index is 19.2. The third-order valence-electron chi connectivity index (χ3n) is 0.500. The van der Waals surface area contributed by atoms with Crippen molar-refractivity contribution in [3.63, 3.8) is 0 Å². The first-order valence-corrected chi connectivity index (χ1v) is 3.28. The summed E-state index contributed by atoms with van der Waals surface area (Å²) in [5.74, 6) is 0. The van der Waals surface area contributed by atoms with Gasteiger partial charge in [0.05, 0.1) is 0 Å². The molecule has 7 heavy (non-hydrogen) atoms. The van der Waals surface area contributed by atoms with Gasteiger partial charge in [-0.25, -0.2) is 0 Å². The van der Waals surface area contributed by atoms with Gasteiger partial charge in [-0.1, -0.05) is 26.7 Å². The van der Waals surface area contributed by atoms with Crippen LogP contribution in [0.4, 0.5) is 0 Å². The number of hydrogen-bond donors (Lipinski definition) is 0. The van der Waals surface area contributed by atoms with E-state index >= 15 is 0 Å². The van der Waals surface area contributed by atoms with Crippen molar-refractivity contribution in [3.05, 3.63) is 0 Å². The van der Waals surface area contributed by atoms with Crippen LogP contribution in [-0.2, 0) is 3.08 Å². The molecule has 0 heterocycles. The molecule has 2 radical (unpaired) electrons. The van der Waals surface area contributed by atoms with E-state index in [1.165, 1.54) is 12.8 Å². The molecule has 0 fully saturated rings. The molecule has 3 heteroatoms. The van der Waals surface area contributed by atoms with Crippen LogP contribution in [0, 0.1) is 0 Å². The second-order valence-corrected chi connectivity index (χ2v) is 1.000. The summed E-state index contributed by atoms with van der Waals surface area (Å²) in [7, 11) is 0. The molecule has 1 nitrogen and oxygen atoms in total. The van der Waals surface area contributed by atoms with E-state index in [0.717, 1.165) is 0 Å². The molecular weight excluding hydrogens is 263 g/mol. The van der Waals surface area contributed by atoms with Crippen molar-refractivity contribution in [3.8, 4) is 0 Å². The average molecular weight is 274 g/mol. The third kappa shape index (κ3) is 42.3. The minimum absolute atomic E-state index is 0. The van der Waals surface area contributed by atoms with Gasteiger partial charge in [-0.15, -0.1) is 17.0 Å². The van der Waals surface area contributed by atoms with Gasteiger partial charge in [0, 0.05) is 0 Å². The zero-order valence-corrected chi connectivity index (χ0v) is 9.30. The SMILES string of the molecule is Br.CCCC.[O]=[Sn]. The third-order valence-corrected chi connectivity index (χ3v) is 0.500. The number of unbranched alkanes of at least 4 members (excludes halogenated alkanes) is 1. The van der Waals surface area contributed by atoms with E-state index in [2.05, 4.69) is 13.8 Å². The fourth-order valence-electron chi connectivity index (χ4n) is 0. The van der Waals surface area contributed by atoms with Gasteiger partial charge >= 0.3 is 25.6 Å². The summed E-state index contributed by atoms with van der Waals surface area (Å²) in [4.78, 5) is 0. The van der Waals surface area contributed by atoms with E-state index in [9.17, 15) is 0 Å². The van der Waals surface area contributed by atoms with E-state index in [0.29, 0.717) is 22.5 Å². The summed E-state index contributed by atoms with van der Waals surface area (Å²) in [6.07, 6.45) is 2.64. The normalized spacial score (nSPS) is 4.86. The Morgan fingerprint density at radius 1 is 1.14 bits per heavy atom. The molecule has 0 aliphatic carbocycles. The fourth-order valence-corrected chi connectivity index (χ4v) is 0. The maximum atomic E-state index is 8.34. The topological polar surface area (TPSA) is 17.1 Å². The van der Waals surface area contributed by atoms with Gasteiger partial charge in [-0.3, -0.25) is 0 Å². The van der Waals surface area contributed by atoms with Gasteiger partial charge in [-0.2, -0.15) is 0 Å². The van der Waals surface area contributed by atoms with Crippen LogP contribution in [-0.4, -0.2) is 22.5 Å². The first-order valence-electron chi connectivity index (χ1n) is 2.12. The first kappa shape index (κ1) is 15.7. The molecular formula is C4H11BrOSn. The van der Waals surface area contributed by atoms with Crippen LogP contribution in [0.3, 0.4) is 0 Å². The Kier molecular flexibility index (Phi) is 61.9. The Balaban J connectivity index is -0.0000000480. The zero-order valence-electron chi connectivity index (χ0n) is 4.73. The van der Waals surface area contributed by atoms with Crippen LogP contribution in [0.25, 0.3) is 0 Å². The minimum atomic E-state index is 0. The molecule has 0 N–H and O–H groups in total. The van der Waals surface area contributed by atoms with Crippen molar-refractivity contribution < 1.29 is 3.08 Å². The van der Waals surface area contributed by atoms with E-state index < -0.39 is 0 Å². The molecule has 0 unspecified atom stereocenters. The van der Waals surface area contributed by atoms with Gasteiger partial charge in [0.1, 0.15) is 0 Å². The van der Waals surface area contributed by atoms with Crippen LogP contribution in [0.15, 0.2) is 0 Å². The monoisotopic (exact) mass is 274 g/mol. The molecule has 0 aromatic heterocycles. The van der Waals surface area contributed by atoms with E-state index in [-0.39, 0.29) is 17.0 Å². The van der Waals surface area contributed by atoms with Crippen molar-refractivity contribution in [2.45, 2.75) is 26.7 Å².